The fourth-order valence-corrected chi connectivity index (χ4v) is 2.16. The third-order valence-electron chi connectivity index (χ3n) is 3.09. The van der Waals surface area contributed by atoms with E-state index in [0.717, 1.165) is 17.4 Å². The summed E-state index contributed by atoms with van der Waals surface area (Å²) in [6, 6.07) is 8.07. The van der Waals surface area contributed by atoms with Gasteiger partial charge in [0.05, 0.1) is 0 Å². The van der Waals surface area contributed by atoms with Gasteiger partial charge >= 0.3 is 0 Å². The molecule has 1 aromatic carbocycles. The molecule has 1 aromatic rings. The molecule has 1 unspecified atom stereocenters. The fourth-order valence-electron chi connectivity index (χ4n) is 1.96. The van der Waals surface area contributed by atoms with E-state index in [1.165, 1.54) is 24.8 Å². The number of benzene rings is 1. The lowest BCUT2D eigenvalue weighted by atomic mass is 9.80. The molecule has 0 amide bonds. The van der Waals surface area contributed by atoms with Gasteiger partial charge in [-0.3, -0.25) is 0 Å². The number of hydrogen-bond donors (Lipinski definition) is 1. The lowest BCUT2D eigenvalue weighted by Crippen LogP contribution is -2.19. The molecule has 0 spiro atoms. The van der Waals surface area contributed by atoms with E-state index in [2.05, 4.69) is 6.07 Å². The van der Waals surface area contributed by atoms with Crippen LogP contribution >= 0.6 is 11.6 Å². The molecule has 14 heavy (non-hydrogen) atoms. The van der Waals surface area contributed by atoms with Gasteiger partial charge in [0, 0.05) is 11.1 Å². The maximum absolute atomic E-state index is 6.12. The van der Waals surface area contributed by atoms with Crippen molar-refractivity contribution >= 4 is 11.6 Å². The molecule has 1 saturated carbocycles. The van der Waals surface area contributed by atoms with Gasteiger partial charge in [-0.1, -0.05) is 43.0 Å². The van der Waals surface area contributed by atoms with Gasteiger partial charge in [-0.15, -0.1) is 0 Å². The van der Waals surface area contributed by atoms with Crippen LogP contribution in [-0.4, -0.2) is 0 Å². The van der Waals surface area contributed by atoms with Crippen molar-refractivity contribution in [3.8, 4) is 0 Å². The molecule has 1 aliphatic rings. The van der Waals surface area contributed by atoms with Crippen LogP contribution in [0.4, 0.5) is 0 Å². The van der Waals surface area contributed by atoms with E-state index in [1.807, 2.05) is 18.2 Å². The molecule has 0 aliphatic heterocycles. The Kier molecular flexibility index (Phi) is 3.09. The first-order chi connectivity index (χ1) is 6.75. The summed E-state index contributed by atoms with van der Waals surface area (Å²) < 4.78 is 0. The topological polar surface area (TPSA) is 26.0 Å². The van der Waals surface area contributed by atoms with Crippen LogP contribution in [0.1, 0.15) is 37.3 Å². The van der Waals surface area contributed by atoms with Gasteiger partial charge < -0.3 is 5.73 Å². The molecule has 0 bridgehead atoms. The number of halogens is 1. The molecule has 1 nitrogen and oxygen atoms in total. The summed E-state index contributed by atoms with van der Waals surface area (Å²) in [7, 11) is 0. The average molecular weight is 210 g/mol. The summed E-state index contributed by atoms with van der Waals surface area (Å²) in [4.78, 5) is 0. The lowest BCUT2D eigenvalue weighted by molar-refractivity contribution is 0.277. The van der Waals surface area contributed by atoms with E-state index in [0.29, 0.717) is 0 Å². The van der Waals surface area contributed by atoms with Crippen molar-refractivity contribution in [2.24, 2.45) is 11.7 Å². The van der Waals surface area contributed by atoms with E-state index < -0.39 is 0 Å². The zero-order valence-electron chi connectivity index (χ0n) is 8.25. The Hall–Kier alpha value is -0.530. The normalized spacial score (nSPS) is 19.0. The minimum Gasteiger partial charge on any atom is -0.324 e. The van der Waals surface area contributed by atoms with Crippen LogP contribution in [0.2, 0.25) is 5.02 Å². The molecular weight excluding hydrogens is 194 g/mol. The van der Waals surface area contributed by atoms with Gasteiger partial charge in [0.2, 0.25) is 0 Å². The predicted molar refractivity (Wildman–Crippen MR) is 60.3 cm³/mol. The largest absolute Gasteiger partial charge is 0.324 e. The standard InChI is InChI=1S/C12H16ClN/c13-11-6-2-5-10(8-11)12(14)7-9-3-1-4-9/h2,5-6,8-9,12H,1,3-4,7,14H2. The van der Waals surface area contributed by atoms with Crippen LogP contribution in [-0.2, 0) is 0 Å². The summed E-state index contributed by atoms with van der Waals surface area (Å²) >= 11 is 5.92. The molecule has 1 fully saturated rings. The minimum absolute atomic E-state index is 0.166. The molecule has 2 heteroatoms. The van der Waals surface area contributed by atoms with Crippen LogP contribution in [0.15, 0.2) is 24.3 Å². The number of hydrogen-bond acceptors (Lipinski definition) is 1. The SMILES string of the molecule is NC(CC1CCC1)c1cccc(Cl)c1. The van der Waals surface area contributed by atoms with Crippen LogP contribution in [0.3, 0.4) is 0 Å². The van der Waals surface area contributed by atoms with Crippen molar-refractivity contribution in [3.05, 3.63) is 34.9 Å². The van der Waals surface area contributed by atoms with Crippen molar-refractivity contribution < 1.29 is 0 Å². The first-order valence-electron chi connectivity index (χ1n) is 5.27. The minimum atomic E-state index is 0.166. The third kappa shape index (κ3) is 2.28. The molecule has 0 heterocycles. The van der Waals surface area contributed by atoms with Gasteiger partial charge in [-0.05, 0) is 30.0 Å². The molecular formula is C12H16ClN. The second-order valence-electron chi connectivity index (χ2n) is 4.19. The Morgan fingerprint density at radius 1 is 1.43 bits per heavy atom. The van der Waals surface area contributed by atoms with E-state index in [4.69, 9.17) is 17.3 Å². The van der Waals surface area contributed by atoms with Crippen molar-refractivity contribution in [2.75, 3.05) is 0 Å². The van der Waals surface area contributed by atoms with Gasteiger partial charge in [-0.25, -0.2) is 0 Å². The lowest BCUT2D eigenvalue weighted by Gasteiger charge is -2.28. The average Bonchev–Trinajstić information content (AvgIpc) is 2.11. The monoisotopic (exact) mass is 209 g/mol. The Bertz CT molecular complexity index is 307. The summed E-state index contributed by atoms with van der Waals surface area (Å²) in [5.74, 6) is 0.851. The van der Waals surface area contributed by atoms with Crippen molar-refractivity contribution in [2.45, 2.75) is 31.7 Å². The maximum atomic E-state index is 6.12. The van der Waals surface area contributed by atoms with Gasteiger partial charge in [-0.2, -0.15) is 0 Å². The summed E-state index contributed by atoms with van der Waals surface area (Å²) in [5.41, 5.74) is 7.29. The van der Waals surface area contributed by atoms with Crippen molar-refractivity contribution in [1.29, 1.82) is 0 Å². The second kappa shape index (κ2) is 4.33. The van der Waals surface area contributed by atoms with E-state index in [1.54, 1.807) is 0 Å². The predicted octanol–water partition coefficient (Wildman–Crippen LogP) is 3.53. The Morgan fingerprint density at radius 3 is 2.79 bits per heavy atom. The molecule has 1 aliphatic carbocycles. The van der Waals surface area contributed by atoms with Crippen molar-refractivity contribution in [1.82, 2.24) is 0 Å². The quantitative estimate of drug-likeness (QED) is 0.810. The number of rotatable bonds is 3. The first kappa shape index (κ1) is 10.0. The van der Waals surface area contributed by atoms with Crippen LogP contribution < -0.4 is 5.73 Å². The highest BCUT2D eigenvalue weighted by molar-refractivity contribution is 6.30. The van der Waals surface area contributed by atoms with E-state index >= 15 is 0 Å². The molecule has 0 aromatic heterocycles. The maximum Gasteiger partial charge on any atom is 0.0409 e. The molecule has 2 N–H and O–H groups in total. The highest BCUT2D eigenvalue weighted by Gasteiger charge is 2.20. The molecule has 76 valence electrons. The van der Waals surface area contributed by atoms with Gasteiger partial charge in [0.1, 0.15) is 0 Å². The smallest absolute Gasteiger partial charge is 0.0409 e. The first-order valence-corrected chi connectivity index (χ1v) is 5.64. The van der Waals surface area contributed by atoms with Crippen molar-refractivity contribution in [3.63, 3.8) is 0 Å². The highest BCUT2D eigenvalue weighted by Crippen LogP contribution is 2.34. The van der Waals surface area contributed by atoms with Crippen LogP contribution in [0.5, 0.6) is 0 Å². The van der Waals surface area contributed by atoms with E-state index in [9.17, 15) is 0 Å². The molecule has 2 rings (SSSR count). The van der Waals surface area contributed by atoms with Gasteiger partial charge in [0.15, 0.2) is 0 Å². The summed E-state index contributed by atoms with van der Waals surface area (Å²) in [6.45, 7) is 0. The van der Waals surface area contributed by atoms with Crippen LogP contribution in [0.25, 0.3) is 0 Å². The van der Waals surface area contributed by atoms with E-state index in [-0.39, 0.29) is 6.04 Å². The zero-order chi connectivity index (χ0) is 9.97. The second-order valence-corrected chi connectivity index (χ2v) is 4.63. The summed E-state index contributed by atoms with van der Waals surface area (Å²) in [5, 5.41) is 0.784. The van der Waals surface area contributed by atoms with Gasteiger partial charge in [0.25, 0.3) is 0 Å². The molecule has 0 saturated heterocycles. The molecule has 1 atom stereocenters. The third-order valence-corrected chi connectivity index (χ3v) is 3.32. The fraction of sp³-hybridized carbons (Fsp3) is 0.500. The molecule has 0 radical (unpaired) electrons. The Balaban J connectivity index is 1.98. The van der Waals surface area contributed by atoms with Crippen LogP contribution in [0, 0.1) is 5.92 Å². The Morgan fingerprint density at radius 2 is 2.21 bits per heavy atom. The summed E-state index contributed by atoms with van der Waals surface area (Å²) in [6.07, 6.45) is 5.20. The number of nitrogens with two attached hydrogens (primary N) is 1. The zero-order valence-corrected chi connectivity index (χ0v) is 9.00. The Labute approximate surface area is 90.3 Å². The highest BCUT2D eigenvalue weighted by atomic mass is 35.5.